The minimum atomic E-state index is 0. The molecule has 0 aliphatic heterocycles. The van der Waals surface area contributed by atoms with Crippen LogP contribution >= 0.6 is 0 Å². The van der Waals surface area contributed by atoms with Gasteiger partial charge in [0, 0.05) is 0 Å². The molecule has 5 aromatic carbocycles. The van der Waals surface area contributed by atoms with Gasteiger partial charge >= 0.3 is 30.2 Å². The zero-order valence-corrected chi connectivity index (χ0v) is 21.8. The predicted octanol–water partition coefficient (Wildman–Crippen LogP) is 7.79. The van der Waals surface area contributed by atoms with Crippen molar-refractivity contribution < 1.29 is 23.3 Å². The van der Waals surface area contributed by atoms with Gasteiger partial charge in [0.05, 0.1) is 0 Å². The molecule has 0 saturated heterocycles. The van der Waals surface area contributed by atoms with Crippen molar-refractivity contribution in [1.82, 2.24) is 0 Å². The zero-order valence-electron chi connectivity index (χ0n) is 18.4. The van der Waals surface area contributed by atoms with Crippen molar-refractivity contribution in [2.75, 3.05) is 0 Å². The molecule has 1 aliphatic carbocycles. The number of rotatable bonds is 1. The van der Waals surface area contributed by atoms with Gasteiger partial charge in [0.15, 0.2) is 0 Å². The Kier molecular flexibility index (Phi) is 9.88. The van der Waals surface area contributed by atoms with Gasteiger partial charge in [0.2, 0.25) is 0 Å². The van der Waals surface area contributed by atoms with Gasteiger partial charge in [-0.1, -0.05) is 53.1 Å². The molecule has 0 nitrogen and oxygen atoms in total. The molecule has 0 amide bonds. The van der Waals surface area contributed by atoms with Gasteiger partial charge in [-0.3, -0.25) is 0 Å². The average molecular weight is 496 g/mol. The second-order valence-electron chi connectivity index (χ2n) is 7.29. The molecule has 1 aliphatic rings. The van der Waals surface area contributed by atoms with E-state index < -0.39 is 0 Å². The van der Waals surface area contributed by atoms with Gasteiger partial charge in [-0.05, 0) is 24.8 Å². The van der Waals surface area contributed by atoms with Gasteiger partial charge in [-0.2, -0.15) is 29.7 Å². The number of hydrogen-bond acceptors (Lipinski definition) is 0. The van der Waals surface area contributed by atoms with Gasteiger partial charge in [-0.15, -0.1) is 52.6 Å². The third kappa shape index (κ3) is 5.43. The summed E-state index contributed by atoms with van der Waals surface area (Å²) in [5.74, 6) is 0. The Labute approximate surface area is 204 Å². The third-order valence-corrected chi connectivity index (χ3v) is 5.62. The van der Waals surface area contributed by atoms with E-state index in [0.29, 0.717) is 0 Å². The third-order valence-electron chi connectivity index (χ3n) is 5.62. The number of aryl methyl sites for hydroxylation is 1. The molecule has 2 heteroatoms. The summed E-state index contributed by atoms with van der Waals surface area (Å²) in [5, 5.41) is 5.48. The Balaban J connectivity index is 0.000000224. The summed E-state index contributed by atoms with van der Waals surface area (Å²) in [6.07, 6.45) is 3.79. The van der Waals surface area contributed by atoms with E-state index in [1.54, 1.807) is 11.1 Å². The van der Waals surface area contributed by atoms with Crippen LogP contribution in [0, 0.1) is 14.9 Å². The minimum Gasteiger partial charge on any atom is -0.168 e. The van der Waals surface area contributed by atoms with E-state index in [1.165, 1.54) is 75.3 Å². The molecule has 0 heterocycles. The Morgan fingerprint density at radius 3 is 2.16 bits per heavy atom. The molecule has 0 unspecified atom stereocenters. The van der Waals surface area contributed by atoms with E-state index >= 15 is 0 Å². The van der Waals surface area contributed by atoms with E-state index in [1.807, 2.05) is 0 Å². The van der Waals surface area contributed by atoms with Crippen LogP contribution in [0.1, 0.15) is 17.5 Å². The van der Waals surface area contributed by atoms with Crippen LogP contribution in [-0.2, 0) is 36.2 Å². The predicted molar refractivity (Wildman–Crippen MR) is 135 cm³/mol. The van der Waals surface area contributed by atoms with E-state index in [-0.39, 0.29) is 14.9 Å². The van der Waals surface area contributed by atoms with E-state index in [2.05, 4.69) is 104 Å². The first-order valence-corrected chi connectivity index (χ1v) is 14.2. The summed E-state index contributed by atoms with van der Waals surface area (Å²) in [6.45, 7) is 3.06. The number of hydrogen-bond donors (Lipinski definition) is 0. The molecule has 31 heavy (non-hydrogen) atoms. The maximum absolute atomic E-state index is 3.06. The number of benzene rings is 3. The summed E-state index contributed by atoms with van der Waals surface area (Å²) in [6, 6.07) is 34.6. The van der Waals surface area contributed by atoms with Crippen molar-refractivity contribution in [3.8, 4) is 11.1 Å². The van der Waals surface area contributed by atoms with Crippen LogP contribution in [0.5, 0.6) is 0 Å². The molecule has 0 N–H and O–H groups in total. The van der Waals surface area contributed by atoms with Crippen LogP contribution in [-0.4, -0.2) is 6.88 Å². The summed E-state index contributed by atoms with van der Waals surface area (Å²) < 4.78 is 0. The van der Waals surface area contributed by atoms with Crippen molar-refractivity contribution >= 4 is 28.4 Å². The quantitative estimate of drug-likeness (QED) is 0.164. The Bertz CT molecular complexity index is 1180. The van der Waals surface area contributed by atoms with Crippen LogP contribution in [0.15, 0.2) is 97.1 Å². The first-order chi connectivity index (χ1) is 14.4. The zero-order chi connectivity index (χ0) is 20.1. The second kappa shape index (κ2) is 12.1. The smallest absolute Gasteiger partial charge is 0.0276 e. The van der Waals surface area contributed by atoms with Crippen molar-refractivity contribution in [2.24, 2.45) is 0 Å². The van der Waals surface area contributed by atoms with Gasteiger partial charge in [-0.25, -0.2) is 0 Å². The first-order valence-electron chi connectivity index (χ1n) is 10.0. The molecule has 5 aromatic rings. The fourth-order valence-corrected chi connectivity index (χ4v) is 4.35. The Morgan fingerprint density at radius 2 is 1.39 bits per heavy atom. The van der Waals surface area contributed by atoms with Crippen molar-refractivity contribution in [3.05, 3.63) is 123 Å². The SMILES string of the molecule is [CH3-].[CH3-].[Si]=[Zr].c1ccc(-c2c3c(cc4[cH-]ccc24)CCC3)cc1.c1ccc2[cH-]ccc2c1. The molecule has 0 spiro atoms. The van der Waals surface area contributed by atoms with Crippen LogP contribution < -0.4 is 0 Å². The fraction of sp³-hybridized carbons (Fsp3) is 0.103. The fourth-order valence-electron chi connectivity index (χ4n) is 4.35. The van der Waals surface area contributed by atoms with Crippen molar-refractivity contribution in [3.63, 3.8) is 0 Å². The first kappa shape index (κ1) is 25.2. The molecule has 0 bridgehead atoms. The van der Waals surface area contributed by atoms with Crippen LogP contribution in [0.25, 0.3) is 32.7 Å². The topological polar surface area (TPSA) is 0 Å². The molecule has 0 atom stereocenters. The van der Waals surface area contributed by atoms with Crippen molar-refractivity contribution in [2.45, 2.75) is 19.3 Å². The summed E-state index contributed by atoms with van der Waals surface area (Å²) in [4.78, 5) is 0. The largest absolute Gasteiger partial charge is 0.168 e. The number of fused-ring (bicyclic) bond motifs is 3. The van der Waals surface area contributed by atoms with Crippen LogP contribution in [0.4, 0.5) is 0 Å². The van der Waals surface area contributed by atoms with E-state index in [0.717, 1.165) is 0 Å². The molecule has 0 fully saturated rings. The monoisotopic (exact) mass is 494 g/mol. The molecule has 156 valence electrons. The van der Waals surface area contributed by atoms with Gasteiger partial charge in [0.25, 0.3) is 0 Å². The summed E-state index contributed by atoms with van der Waals surface area (Å²) in [7, 11) is 0. The Morgan fingerprint density at radius 1 is 0.710 bits per heavy atom. The standard InChI is InChI=1S/C18H15.C9H7.2CH3.Si.Zr/c1-2-6-13(7-3-1)18-16-10-4-8-14(16)12-15-9-5-11-17(15)18;1-2-5-9-7-3-6-8(9)4-1;;;;/h1-4,6-8,10,12H,5,9,11H2;1-7H;2*1H3;;/q4*-1;;. The molecular weight excluding hydrogens is 468 g/mol. The molecule has 2 radical (unpaired) electrons. The molecular formula is C29H28SiZr-4. The molecule has 0 saturated carbocycles. The summed E-state index contributed by atoms with van der Waals surface area (Å²) >= 11 is 1.36. The minimum absolute atomic E-state index is 0. The van der Waals surface area contributed by atoms with Crippen LogP contribution in [0.3, 0.4) is 0 Å². The normalized spacial score (nSPS) is 11.2. The summed E-state index contributed by atoms with van der Waals surface area (Å²) in [5.41, 5.74) is 5.99. The second-order valence-corrected chi connectivity index (χ2v) is 7.29. The molecule has 0 aromatic heterocycles. The Hall–Kier alpha value is -2.02. The van der Waals surface area contributed by atoms with Gasteiger partial charge < -0.3 is 14.9 Å². The maximum Gasteiger partial charge on any atom is -0.0276 e. The van der Waals surface area contributed by atoms with Crippen molar-refractivity contribution in [1.29, 1.82) is 0 Å². The van der Waals surface area contributed by atoms with E-state index in [4.69, 9.17) is 0 Å². The molecule has 6 rings (SSSR count). The average Bonchev–Trinajstić information content (AvgIpc) is 3.54. The van der Waals surface area contributed by atoms with E-state index in [9.17, 15) is 0 Å². The van der Waals surface area contributed by atoms with Gasteiger partial charge in [0.1, 0.15) is 0 Å². The maximum atomic E-state index is 3.06. The van der Waals surface area contributed by atoms with Crippen LogP contribution in [0.2, 0.25) is 0 Å².